The van der Waals surface area contributed by atoms with Gasteiger partial charge in [-0.15, -0.1) is 12.4 Å². The minimum absolute atomic E-state index is 0. The van der Waals surface area contributed by atoms with Gasteiger partial charge in [-0.2, -0.15) is 0 Å². The van der Waals surface area contributed by atoms with E-state index in [0.29, 0.717) is 12.6 Å². The second-order valence-electron chi connectivity index (χ2n) is 4.92. The molecule has 0 bridgehead atoms. The Bertz CT molecular complexity index is 392. The van der Waals surface area contributed by atoms with Crippen LogP contribution in [0.25, 0.3) is 0 Å². The number of nitrogens with one attached hydrogen (secondary N) is 1. The van der Waals surface area contributed by atoms with Gasteiger partial charge in [-0.25, -0.2) is 0 Å². The monoisotopic (exact) mass is 298 g/mol. The fourth-order valence-electron chi connectivity index (χ4n) is 2.34. The molecule has 0 aliphatic carbocycles. The number of benzene rings is 1. The number of likely N-dealkylation sites (tertiary alicyclic amines) is 1. The van der Waals surface area contributed by atoms with Crippen molar-refractivity contribution in [2.24, 2.45) is 0 Å². The lowest BCUT2D eigenvalue weighted by Crippen LogP contribution is -2.45. The Balaban J connectivity index is 0.00000200. The van der Waals surface area contributed by atoms with Gasteiger partial charge in [-0.3, -0.25) is 4.79 Å². The van der Waals surface area contributed by atoms with E-state index in [1.165, 1.54) is 0 Å². The molecule has 1 saturated heterocycles. The summed E-state index contributed by atoms with van der Waals surface area (Å²) in [5.74, 6) is 0.102. The van der Waals surface area contributed by atoms with Crippen molar-refractivity contribution in [1.82, 2.24) is 10.2 Å². The van der Waals surface area contributed by atoms with Crippen LogP contribution in [0.5, 0.6) is 0 Å². The first kappa shape index (κ1) is 17.0. The van der Waals surface area contributed by atoms with Crippen LogP contribution in [0.3, 0.4) is 0 Å². The molecule has 1 aromatic carbocycles. The molecule has 0 aromatic heterocycles. The Morgan fingerprint density at radius 3 is 2.55 bits per heavy atom. The Morgan fingerprint density at radius 2 is 1.95 bits per heavy atom. The lowest BCUT2D eigenvalue weighted by molar-refractivity contribution is -0.137. The number of nitrogens with zero attached hydrogens (tertiary/aromatic N) is 1. The number of hydrogen-bond acceptors (Lipinski definition) is 3. The summed E-state index contributed by atoms with van der Waals surface area (Å²) < 4.78 is 5.48. The zero-order valence-corrected chi connectivity index (χ0v) is 12.7. The summed E-state index contributed by atoms with van der Waals surface area (Å²) in [5.41, 5.74) is 1.10. The van der Waals surface area contributed by atoms with Crippen molar-refractivity contribution >= 4 is 18.3 Å². The van der Waals surface area contributed by atoms with Gasteiger partial charge in [0.25, 0.3) is 0 Å². The third kappa shape index (κ3) is 5.12. The number of ether oxygens (including phenoxy) is 1. The predicted molar refractivity (Wildman–Crippen MR) is 82.0 cm³/mol. The first-order valence-electron chi connectivity index (χ1n) is 6.86. The van der Waals surface area contributed by atoms with Crippen LogP contribution in [0.1, 0.15) is 18.4 Å². The van der Waals surface area contributed by atoms with Gasteiger partial charge in [0.2, 0.25) is 5.91 Å². The zero-order chi connectivity index (χ0) is 13.5. The number of piperidine rings is 1. The van der Waals surface area contributed by atoms with E-state index in [1.54, 1.807) is 0 Å². The maximum absolute atomic E-state index is 12.0. The van der Waals surface area contributed by atoms with Crippen molar-refractivity contribution in [3.05, 3.63) is 35.9 Å². The molecule has 1 aromatic rings. The predicted octanol–water partition coefficient (Wildman–Crippen LogP) is 1.84. The average molecular weight is 299 g/mol. The second-order valence-corrected chi connectivity index (χ2v) is 4.92. The highest BCUT2D eigenvalue weighted by molar-refractivity contribution is 5.85. The van der Waals surface area contributed by atoms with Gasteiger partial charge in [-0.05, 0) is 25.5 Å². The van der Waals surface area contributed by atoms with Crippen LogP contribution < -0.4 is 5.32 Å². The Kier molecular flexibility index (Phi) is 7.59. The highest BCUT2D eigenvalue weighted by Gasteiger charge is 2.21. The molecule has 0 atom stereocenters. The summed E-state index contributed by atoms with van der Waals surface area (Å²) in [6, 6.07) is 10.5. The van der Waals surface area contributed by atoms with Gasteiger partial charge in [0.05, 0.1) is 6.61 Å². The van der Waals surface area contributed by atoms with Crippen molar-refractivity contribution in [2.75, 3.05) is 26.7 Å². The lowest BCUT2D eigenvalue weighted by atomic mass is 10.1. The number of carbonyl (C=O) groups excluding carboxylic acids is 1. The standard InChI is InChI=1S/C15H22N2O2.ClH/c1-16-14-7-9-17(10-8-14)15(18)12-19-11-13-5-3-2-4-6-13;/h2-6,14,16H,7-12H2,1H3;1H. The molecule has 1 aliphatic rings. The molecule has 5 heteroatoms. The van der Waals surface area contributed by atoms with Crippen molar-refractivity contribution < 1.29 is 9.53 Å². The molecule has 0 spiro atoms. The Hall–Kier alpha value is -1.10. The summed E-state index contributed by atoms with van der Waals surface area (Å²) in [7, 11) is 1.98. The quantitative estimate of drug-likeness (QED) is 0.902. The lowest BCUT2D eigenvalue weighted by Gasteiger charge is -2.31. The van der Waals surface area contributed by atoms with Gasteiger partial charge < -0.3 is 15.0 Å². The molecule has 4 nitrogen and oxygen atoms in total. The molecular weight excluding hydrogens is 276 g/mol. The molecule has 0 radical (unpaired) electrons. The summed E-state index contributed by atoms with van der Waals surface area (Å²) in [4.78, 5) is 13.9. The minimum Gasteiger partial charge on any atom is -0.367 e. The van der Waals surface area contributed by atoms with E-state index < -0.39 is 0 Å². The molecule has 1 fully saturated rings. The highest BCUT2D eigenvalue weighted by Crippen LogP contribution is 2.10. The van der Waals surface area contributed by atoms with E-state index in [4.69, 9.17) is 4.74 Å². The summed E-state index contributed by atoms with van der Waals surface area (Å²) >= 11 is 0. The molecule has 2 rings (SSSR count). The molecule has 0 unspecified atom stereocenters. The number of amides is 1. The van der Waals surface area contributed by atoms with Crippen molar-refractivity contribution in [3.63, 3.8) is 0 Å². The minimum atomic E-state index is 0. The molecule has 20 heavy (non-hydrogen) atoms. The normalized spacial score (nSPS) is 15.8. The average Bonchev–Trinajstić information content (AvgIpc) is 2.48. The molecule has 1 amide bonds. The van der Waals surface area contributed by atoms with Crippen LogP contribution in [-0.2, 0) is 16.1 Å². The van der Waals surface area contributed by atoms with Gasteiger partial charge >= 0.3 is 0 Å². The van der Waals surface area contributed by atoms with Crippen molar-refractivity contribution in [3.8, 4) is 0 Å². The van der Waals surface area contributed by atoms with Gasteiger partial charge in [0.15, 0.2) is 0 Å². The first-order valence-corrected chi connectivity index (χ1v) is 6.86. The molecule has 1 N–H and O–H groups in total. The number of rotatable bonds is 5. The van der Waals surface area contributed by atoms with E-state index in [-0.39, 0.29) is 24.9 Å². The summed E-state index contributed by atoms with van der Waals surface area (Å²) in [6.45, 7) is 2.34. The number of hydrogen-bond donors (Lipinski definition) is 1. The van der Waals surface area contributed by atoms with Gasteiger partial charge in [0.1, 0.15) is 6.61 Å². The third-order valence-corrected chi connectivity index (χ3v) is 3.59. The molecule has 1 heterocycles. The molecule has 112 valence electrons. The smallest absolute Gasteiger partial charge is 0.248 e. The van der Waals surface area contributed by atoms with E-state index in [1.807, 2.05) is 42.3 Å². The molecule has 0 saturated carbocycles. The van der Waals surface area contributed by atoms with Crippen LogP contribution in [0, 0.1) is 0 Å². The summed E-state index contributed by atoms with van der Waals surface area (Å²) in [6.07, 6.45) is 2.06. The number of halogens is 1. The molecular formula is C15H23ClN2O2. The Morgan fingerprint density at radius 1 is 1.30 bits per heavy atom. The van der Waals surface area contributed by atoms with Crippen LogP contribution >= 0.6 is 12.4 Å². The van der Waals surface area contributed by atoms with E-state index in [9.17, 15) is 4.79 Å². The van der Waals surface area contributed by atoms with Crippen molar-refractivity contribution in [1.29, 1.82) is 0 Å². The van der Waals surface area contributed by atoms with Crippen LogP contribution in [0.2, 0.25) is 0 Å². The van der Waals surface area contributed by atoms with Crippen molar-refractivity contribution in [2.45, 2.75) is 25.5 Å². The van der Waals surface area contributed by atoms with Crippen LogP contribution in [-0.4, -0.2) is 43.6 Å². The highest BCUT2D eigenvalue weighted by atomic mass is 35.5. The third-order valence-electron chi connectivity index (χ3n) is 3.59. The second kappa shape index (κ2) is 8.95. The first-order chi connectivity index (χ1) is 9.29. The van der Waals surface area contributed by atoms with Crippen LogP contribution in [0.15, 0.2) is 30.3 Å². The topological polar surface area (TPSA) is 41.6 Å². The Labute approximate surface area is 126 Å². The maximum atomic E-state index is 12.0. The van der Waals surface area contributed by atoms with Crippen LogP contribution in [0.4, 0.5) is 0 Å². The van der Waals surface area contributed by atoms with E-state index >= 15 is 0 Å². The fraction of sp³-hybridized carbons (Fsp3) is 0.533. The van der Waals surface area contributed by atoms with Gasteiger partial charge in [-0.1, -0.05) is 30.3 Å². The summed E-state index contributed by atoms with van der Waals surface area (Å²) in [5, 5.41) is 3.26. The fourth-order valence-corrected chi connectivity index (χ4v) is 2.34. The zero-order valence-electron chi connectivity index (χ0n) is 11.9. The number of carbonyl (C=O) groups is 1. The SMILES string of the molecule is CNC1CCN(C(=O)COCc2ccccc2)CC1.Cl. The van der Waals surface area contributed by atoms with Gasteiger partial charge in [0, 0.05) is 19.1 Å². The molecule has 1 aliphatic heterocycles. The van der Waals surface area contributed by atoms with E-state index in [2.05, 4.69) is 5.32 Å². The van der Waals surface area contributed by atoms with E-state index in [0.717, 1.165) is 31.5 Å². The largest absolute Gasteiger partial charge is 0.367 e. The maximum Gasteiger partial charge on any atom is 0.248 e.